The van der Waals surface area contributed by atoms with Gasteiger partial charge in [-0.15, -0.1) is 0 Å². The summed E-state index contributed by atoms with van der Waals surface area (Å²) < 4.78 is 47.4. The van der Waals surface area contributed by atoms with Gasteiger partial charge in [0.15, 0.2) is 6.26 Å². The van der Waals surface area contributed by atoms with E-state index in [-0.39, 0.29) is 0 Å². The zero-order valence-electron chi connectivity index (χ0n) is 12.6. The van der Waals surface area contributed by atoms with Gasteiger partial charge in [0.1, 0.15) is 25.7 Å². The number of aldehydes is 1. The molecule has 0 heterocycles. The molecule has 4 atom stereocenters. The monoisotopic (exact) mass is 194 g/mol. The average molecular weight is 194 g/mol. The van der Waals surface area contributed by atoms with Gasteiger partial charge in [0.25, 0.3) is 0 Å². The lowest BCUT2D eigenvalue weighted by Gasteiger charge is -2.22. The Bertz CT molecular complexity index is 373. The molecule has 0 spiro atoms. The van der Waals surface area contributed by atoms with E-state index in [1.54, 1.807) is 0 Å². The summed E-state index contributed by atoms with van der Waals surface area (Å²) in [5, 5.41) is 45.8. The molecule has 0 bridgehead atoms. The third kappa shape index (κ3) is 2.84. The molecule has 0 aromatic carbocycles. The van der Waals surface area contributed by atoms with Crippen molar-refractivity contribution in [3.63, 3.8) is 0 Å². The summed E-state index contributed by atoms with van der Waals surface area (Å²) in [7, 11) is 0. The molecular formula is C6H12O6. The Kier molecular flexibility index (Phi) is 1.78. The first-order chi connectivity index (χ1) is 7.94. The number of hydrogen-bond acceptors (Lipinski definition) is 6. The van der Waals surface area contributed by atoms with Crippen molar-refractivity contribution >= 4 is 6.26 Å². The van der Waals surface area contributed by atoms with Crippen molar-refractivity contribution in [3.05, 3.63) is 0 Å². The van der Waals surface area contributed by atoms with Crippen LogP contribution >= 0.6 is 0 Å². The zero-order valence-corrected chi connectivity index (χ0v) is 5.64. The summed E-state index contributed by atoms with van der Waals surface area (Å²) >= 11 is 0. The van der Waals surface area contributed by atoms with Crippen molar-refractivity contribution < 1.29 is 39.9 Å². The van der Waals surface area contributed by atoms with Gasteiger partial charge in [-0.2, -0.15) is 0 Å². The standard InChI is InChI=1S/C6H12O6/c7-1-3(9)5(11)6(12)4(10)2-8/h1,3-6,8-12H,2H2/t3-,4+,5+,6+/m0/s1/i1T,2T2,3T,4T,5T,6T. The second kappa shape index (κ2) is 5.18. The molecule has 72 valence electrons. The molecule has 0 saturated carbocycles. The van der Waals surface area contributed by atoms with E-state index in [4.69, 9.17) is 19.8 Å². The van der Waals surface area contributed by atoms with Gasteiger partial charge in [-0.25, -0.2) is 0 Å². The third-order valence-electron chi connectivity index (χ3n) is 0.875. The molecule has 6 heteroatoms. The van der Waals surface area contributed by atoms with Crippen molar-refractivity contribution in [3.8, 4) is 0 Å². The van der Waals surface area contributed by atoms with Crippen LogP contribution in [0.5, 0.6) is 0 Å². The fourth-order valence-corrected chi connectivity index (χ4v) is 0.326. The molecule has 0 radical (unpaired) electrons. The van der Waals surface area contributed by atoms with Gasteiger partial charge < -0.3 is 30.3 Å². The highest BCUT2D eigenvalue weighted by Crippen LogP contribution is 2.02. The molecule has 0 amide bonds. The van der Waals surface area contributed by atoms with Gasteiger partial charge in [0.05, 0.1) is 14.8 Å². The van der Waals surface area contributed by atoms with E-state index in [1.807, 2.05) is 0 Å². The van der Waals surface area contributed by atoms with Gasteiger partial charge >= 0.3 is 0 Å². The maximum Gasteiger partial charge on any atom is 0.151 e. The van der Waals surface area contributed by atoms with E-state index in [9.17, 15) is 20.1 Å². The number of aliphatic hydroxyl groups is 5. The van der Waals surface area contributed by atoms with Crippen LogP contribution in [0.25, 0.3) is 0 Å². The van der Waals surface area contributed by atoms with Crippen LogP contribution in [0.1, 0.15) is 9.60 Å². The van der Waals surface area contributed by atoms with Crippen LogP contribution in [0.15, 0.2) is 0 Å². The van der Waals surface area contributed by atoms with E-state index < -0.39 is 37.1 Å². The number of rotatable bonds is 5. The molecule has 0 aliphatic heterocycles. The van der Waals surface area contributed by atoms with Crippen LogP contribution in [0.2, 0.25) is 0 Å². The summed E-state index contributed by atoms with van der Waals surface area (Å²) in [5.74, 6) is 0. The van der Waals surface area contributed by atoms with Crippen LogP contribution in [0, 0.1) is 0 Å². The highest BCUT2D eigenvalue weighted by molar-refractivity contribution is 5.56. The first-order valence-corrected chi connectivity index (χ1v) is 2.57. The van der Waals surface area contributed by atoms with Gasteiger partial charge in [0, 0.05) is 0 Å². The molecule has 0 aromatic heterocycles. The highest BCUT2D eigenvalue weighted by atomic mass is 16.4. The number of carbonyl (C=O) groups is 1. The second-order valence-electron chi connectivity index (χ2n) is 1.61. The van der Waals surface area contributed by atoms with Crippen LogP contribution in [0.4, 0.5) is 0 Å². The van der Waals surface area contributed by atoms with Crippen LogP contribution in [-0.2, 0) is 4.79 Å². The van der Waals surface area contributed by atoms with Crippen molar-refractivity contribution in [2.24, 2.45) is 0 Å². The lowest BCUT2D eigenvalue weighted by atomic mass is 10.0. The third-order valence-corrected chi connectivity index (χ3v) is 0.875. The van der Waals surface area contributed by atoms with Crippen molar-refractivity contribution in [2.45, 2.75) is 24.3 Å². The molecule has 0 unspecified atom stereocenters. The lowest BCUT2D eigenvalue weighted by Crippen LogP contribution is -2.46. The Morgan fingerprint density at radius 3 is 2.25 bits per heavy atom. The smallest absolute Gasteiger partial charge is 0.151 e. The molecule has 0 rings (SSSR count). The van der Waals surface area contributed by atoms with Crippen LogP contribution in [0.3, 0.4) is 0 Å². The van der Waals surface area contributed by atoms with Crippen molar-refractivity contribution in [2.75, 3.05) is 6.56 Å². The van der Waals surface area contributed by atoms with E-state index in [0.29, 0.717) is 0 Å². The number of carbonyl (C=O) groups excluding carboxylic acids is 1. The average Bonchev–Trinajstić information content (AvgIpc) is 2.14. The van der Waals surface area contributed by atoms with E-state index in [1.165, 1.54) is 0 Å². The SMILES string of the molecule is [3H]C(=O)[C@]([3H])(O)[C@@]([3H])(O)[C@]([3H])(O)[C@]([3H])(O)C([3H])([3H])O. The first kappa shape index (κ1) is 4.12. The minimum atomic E-state index is -4.47. The Morgan fingerprint density at radius 1 is 1.42 bits per heavy atom. The topological polar surface area (TPSA) is 118 Å². The predicted octanol–water partition coefficient (Wildman–Crippen LogP) is -3.38. The summed E-state index contributed by atoms with van der Waals surface area (Å²) in [5.41, 5.74) is 0. The molecule has 0 saturated heterocycles. The van der Waals surface area contributed by atoms with Crippen LogP contribution in [-0.4, -0.2) is 62.7 Å². The fourth-order valence-electron chi connectivity index (χ4n) is 0.326. The summed E-state index contributed by atoms with van der Waals surface area (Å²) in [6, 6.07) is 0. The second-order valence-corrected chi connectivity index (χ2v) is 1.61. The van der Waals surface area contributed by atoms with Crippen molar-refractivity contribution in [1.82, 2.24) is 0 Å². The Hall–Kier alpha value is -0.530. The van der Waals surface area contributed by atoms with E-state index in [2.05, 4.69) is 0 Å². The van der Waals surface area contributed by atoms with Gasteiger partial charge in [-0.05, 0) is 0 Å². The molecule has 0 fully saturated rings. The maximum atomic E-state index is 10.6. The Balaban J connectivity index is 5.99. The summed E-state index contributed by atoms with van der Waals surface area (Å²) in [6.45, 7) is -4.07. The molecule has 0 aromatic rings. The van der Waals surface area contributed by atoms with E-state index >= 15 is 0 Å². The molecular weight excluding hydrogens is 168 g/mol. The van der Waals surface area contributed by atoms with Gasteiger partial charge in [-0.3, -0.25) is 0 Å². The molecule has 0 aliphatic carbocycles. The van der Waals surface area contributed by atoms with Crippen LogP contribution < -0.4 is 0 Å². The fraction of sp³-hybridized carbons (Fsp3) is 0.833. The first-order valence-electron chi connectivity index (χ1n) is 6.07. The normalized spacial score (nSPS) is 41.2. The van der Waals surface area contributed by atoms with Gasteiger partial charge in [0.2, 0.25) is 0 Å². The minimum absolute atomic E-state index is 2.37. The largest absolute Gasteiger partial charge is 0.394 e. The van der Waals surface area contributed by atoms with E-state index in [0.717, 1.165) is 0 Å². The Labute approximate surface area is 78.5 Å². The lowest BCUT2D eigenvalue weighted by molar-refractivity contribution is -0.136. The summed E-state index contributed by atoms with van der Waals surface area (Å²) in [4.78, 5) is 10.6. The van der Waals surface area contributed by atoms with Crippen molar-refractivity contribution in [1.29, 1.82) is 0 Å². The zero-order chi connectivity index (χ0) is 16.1. The Morgan fingerprint density at radius 2 is 1.92 bits per heavy atom. The predicted molar refractivity (Wildman–Crippen MR) is 37.2 cm³/mol. The highest BCUT2D eigenvalue weighted by Gasteiger charge is 2.29. The molecule has 12 heavy (non-hydrogen) atoms. The molecule has 0 aliphatic rings. The maximum absolute atomic E-state index is 10.6. The number of hydrogen-bond donors (Lipinski definition) is 5. The summed E-state index contributed by atoms with van der Waals surface area (Å²) in [6.07, 6.45) is -19.8. The molecule has 5 N–H and O–H groups in total. The minimum Gasteiger partial charge on any atom is -0.394 e. The molecule has 6 nitrogen and oxygen atoms in total. The quantitative estimate of drug-likeness (QED) is 0.291. The van der Waals surface area contributed by atoms with Gasteiger partial charge in [-0.1, -0.05) is 0 Å².